The zero-order valence-corrected chi connectivity index (χ0v) is 20.5. The molecule has 0 aromatic heterocycles. The molecule has 1 unspecified atom stereocenters. The molecule has 2 amide bonds. The van der Waals surface area contributed by atoms with Gasteiger partial charge >= 0.3 is 12.1 Å². The highest BCUT2D eigenvalue weighted by Gasteiger charge is 2.40. The number of hydrogen-bond donors (Lipinski definition) is 2. The third kappa shape index (κ3) is 5.34. The molecule has 1 atom stereocenters. The molecule has 1 saturated carbocycles. The Morgan fingerprint density at radius 3 is 2.17 bits per heavy atom. The predicted molar refractivity (Wildman–Crippen MR) is 133 cm³/mol. The van der Waals surface area contributed by atoms with Crippen molar-refractivity contribution in [2.75, 3.05) is 13.7 Å². The number of aliphatic carboxylic acids is 1. The van der Waals surface area contributed by atoms with Gasteiger partial charge in [0.15, 0.2) is 0 Å². The number of benzene rings is 2. The van der Waals surface area contributed by atoms with Gasteiger partial charge < -0.3 is 20.1 Å². The molecule has 0 aliphatic heterocycles. The van der Waals surface area contributed by atoms with Gasteiger partial charge in [-0.3, -0.25) is 9.59 Å². The lowest BCUT2D eigenvalue weighted by Gasteiger charge is -2.44. The van der Waals surface area contributed by atoms with E-state index in [4.69, 9.17) is 4.74 Å². The van der Waals surface area contributed by atoms with Crippen LogP contribution < -0.4 is 5.32 Å². The molecule has 7 nitrogen and oxygen atoms in total. The monoisotopic (exact) mass is 478 g/mol. The number of rotatable bonds is 8. The first-order valence-corrected chi connectivity index (χ1v) is 12.4. The van der Waals surface area contributed by atoms with Crippen LogP contribution in [-0.2, 0) is 14.3 Å². The summed E-state index contributed by atoms with van der Waals surface area (Å²) in [6, 6.07) is 15.9. The lowest BCUT2D eigenvalue weighted by molar-refractivity contribution is -0.146. The zero-order chi connectivity index (χ0) is 25.0. The van der Waals surface area contributed by atoms with Gasteiger partial charge in [-0.25, -0.2) is 4.79 Å². The highest BCUT2D eigenvalue weighted by atomic mass is 16.5. The van der Waals surface area contributed by atoms with E-state index in [0.29, 0.717) is 12.8 Å². The number of nitrogens with zero attached hydrogens (tertiary/aromatic N) is 1. The number of carbonyl (C=O) groups excluding carboxylic acids is 2. The number of alkyl carbamates (subject to hydrolysis) is 1. The minimum atomic E-state index is -0.892. The normalized spacial score (nSPS) is 17.1. The van der Waals surface area contributed by atoms with Crippen molar-refractivity contribution in [1.82, 2.24) is 10.2 Å². The predicted octanol–water partition coefficient (Wildman–Crippen LogP) is 4.94. The molecular formula is C28H34N2O5. The molecule has 186 valence electrons. The molecule has 0 heterocycles. The Kier molecular flexibility index (Phi) is 7.43. The van der Waals surface area contributed by atoms with Crippen LogP contribution >= 0.6 is 0 Å². The van der Waals surface area contributed by atoms with E-state index < -0.39 is 23.6 Å². The molecule has 4 rings (SSSR count). The molecule has 2 aromatic carbocycles. The van der Waals surface area contributed by atoms with Crippen molar-refractivity contribution in [3.8, 4) is 11.1 Å². The number of carboxylic acids is 1. The van der Waals surface area contributed by atoms with E-state index in [-0.39, 0.29) is 31.3 Å². The number of carboxylic acid groups (broad SMARTS) is 1. The number of carbonyl (C=O) groups is 3. The summed E-state index contributed by atoms with van der Waals surface area (Å²) in [5.41, 5.74) is 3.96. The number of amides is 2. The third-order valence-electron chi connectivity index (χ3n) is 7.54. The van der Waals surface area contributed by atoms with Gasteiger partial charge in [0.2, 0.25) is 5.91 Å². The molecule has 2 aliphatic rings. The van der Waals surface area contributed by atoms with E-state index in [2.05, 4.69) is 29.6 Å². The van der Waals surface area contributed by atoms with Gasteiger partial charge in [-0.15, -0.1) is 0 Å². The smallest absolute Gasteiger partial charge is 0.407 e. The van der Waals surface area contributed by atoms with Gasteiger partial charge in [0.25, 0.3) is 0 Å². The second-order valence-electron chi connectivity index (χ2n) is 9.88. The molecule has 0 saturated heterocycles. The van der Waals surface area contributed by atoms with Crippen LogP contribution in [0.3, 0.4) is 0 Å². The van der Waals surface area contributed by atoms with Gasteiger partial charge in [-0.1, -0.05) is 67.8 Å². The molecule has 35 heavy (non-hydrogen) atoms. The fourth-order valence-corrected chi connectivity index (χ4v) is 5.68. The van der Waals surface area contributed by atoms with Crippen molar-refractivity contribution < 1.29 is 24.2 Å². The molecule has 2 N–H and O–H groups in total. The van der Waals surface area contributed by atoms with Crippen LogP contribution in [0.4, 0.5) is 4.79 Å². The molecule has 2 aromatic rings. The summed E-state index contributed by atoms with van der Waals surface area (Å²) in [6.07, 6.45) is 3.74. The minimum Gasteiger partial charge on any atom is -0.481 e. The van der Waals surface area contributed by atoms with Crippen molar-refractivity contribution in [1.29, 1.82) is 0 Å². The van der Waals surface area contributed by atoms with E-state index in [0.717, 1.165) is 41.5 Å². The second kappa shape index (κ2) is 10.5. The number of fused-ring (bicyclic) bond motifs is 3. The summed E-state index contributed by atoms with van der Waals surface area (Å²) < 4.78 is 5.59. The zero-order valence-electron chi connectivity index (χ0n) is 20.5. The standard InChI is InChI=1S/C28H34N2O5/c1-19(16-25(31)30(2)28(17-26(32)33)14-8-3-9-15-28)29-27(34)35-18-24-22-12-6-4-10-20(22)21-11-5-7-13-23(21)24/h4-7,10-13,19,24H,3,8-9,14-18H2,1-2H3,(H,29,34)(H,32,33). The largest absolute Gasteiger partial charge is 0.481 e. The number of hydrogen-bond acceptors (Lipinski definition) is 4. The Hall–Kier alpha value is -3.35. The van der Waals surface area contributed by atoms with Crippen molar-refractivity contribution in [2.45, 2.75) is 69.4 Å². The molecule has 2 aliphatic carbocycles. The summed E-state index contributed by atoms with van der Waals surface area (Å²) in [7, 11) is 1.69. The Balaban J connectivity index is 1.33. The van der Waals surface area contributed by atoms with Crippen LogP contribution in [-0.4, -0.2) is 53.2 Å². The van der Waals surface area contributed by atoms with Crippen LogP contribution in [0.5, 0.6) is 0 Å². The molecular weight excluding hydrogens is 444 g/mol. The SMILES string of the molecule is CC(CC(=O)N(C)C1(CC(=O)O)CCCCC1)NC(=O)OCC1c2ccccc2-c2ccccc21. The van der Waals surface area contributed by atoms with Gasteiger partial charge in [0.1, 0.15) is 6.61 Å². The minimum absolute atomic E-state index is 0.0293. The Morgan fingerprint density at radius 2 is 1.60 bits per heavy atom. The summed E-state index contributed by atoms with van der Waals surface area (Å²) in [5, 5.41) is 12.2. The van der Waals surface area contributed by atoms with Gasteiger partial charge in [0.05, 0.1) is 12.0 Å². The average molecular weight is 479 g/mol. The van der Waals surface area contributed by atoms with E-state index in [1.54, 1.807) is 18.9 Å². The summed E-state index contributed by atoms with van der Waals surface area (Å²) in [6.45, 7) is 1.97. The molecule has 0 bridgehead atoms. The first-order valence-electron chi connectivity index (χ1n) is 12.4. The topological polar surface area (TPSA) is 95.9 Å². The summed E-state index contributed by atoms with van der Waals surface area (Å²) in [5.74, 6) is -1.09. The lowest BCUT2D eigenvalue weighted by Crippen LogP contribution is -2.53. The maximum atomic E-state index is 13.0. The highest BCUT2D eigenvalue weighted by Crippen LogP contribution is 2.44. The lowest BCUT2D eigenvalue weighted by atomic mass is 9.78. The maximum Gasteiger partial charge on any atom is 0.407 e. The van der Waals surface area contributed by atoms with Crippen LogP contribution in [0, 0.1) is 0 Å². The van der Waals surface area contributed by atoms with Gasteiger partial charge in [0, 0.05) is 25.4 Å². The second-order valence-corrected chi connectivity index (χ2v) is 9.88. The van der Waals surface area contributed by atoms with Crippen molar-refractivity contribution in [3.05, 3.63) is 59.7 Å². The Bertz CT molecular complexity index is 1050. The number of nitrogens with one attached hydrogen (secondary N) is 1. The van der Waals surface area contributed by atoms with Crippen LogP contribution in [0.1, 0.15) is 68.9 Å². The average Bonchev–Trinajstić information content (AvgIpc) is 3.16. The van der Waals surface area contributed by atoms with Crippen LogP contribution in [0.2, 0.25) is 0 Å². The molecule has 7 heteroatoms. The quantitative estimate of drug-likeness (QED) is 0.560. The van der Waals surface area contributed by atoms with Gasteiger partial charge in [-0.05, 0) is 42.0 Å². The third-order valence-corrected chi connectivity index (χ3v) is 7.54. The Morgan fingerprint density at radius 1 is 1.03 bits per heavy atom. The fraction of sp³-hybridized carbons (Fsp3) is 0.464. The van der Waals surface area contributed by atoms with Crippen molar-refractivity contribution in [2.24, 2.45) is 0 Å². The van der Waals surface area contributed by atoms with Gasteiger partial charge in [-0.2, -0.15) is 0 Å². The Labute approximate surface area is 206 Å². The molecule has 0 spiro atoms. The number of ether oxygens (including phenoxy) is 1. The van der Waals surface area contributed by atoms with E-state index in [1.807, 2.05) is 24.3 Å². The van der Waals surface area contributed by atoms with E-state index >= 15 is 0 Å². The fourth-order valence-electron chi connectivity index (χ4n) is 5.68. The highest BCUT2D eigenvalue weighted by molar-refractivity contribution is 5.80. The first-order chi connectivity index (χ1) is 16.8. The summed E-state index contributed by atoms with van der Waals surface area (Å²) >= 11 is 0. The van der Waals surface area contributed by atoms with Crippen LogP contribution in [0.25, 0.3) is 11.1 Å². The van der Waals surface area contributed by atoms with E-state index in [1.165, 1.54) is 0 Å². The first kappa shape index (κ1) is 24.8. The van der Waals surface area contributed by atoms with E-state index in [9.17, 15) is 19.5 Å². The maximum absolute atomic E-state index is 13.0. The van der Waals surface area contributed by atoms with Crippen LogP contribution in [0.15, 0.2) is 48.5 Å². The molecule has 1 fully saturated rings. The summed E-state index contributed by atoms with van der Waals surface area (Å²) in [4.78, 5) is 38.7. The molecule has 0 radical (unpaired) electrons. The van der Waals surface area contributed by atoms with Crippen molar-refractivity contribution >= 4 is 18.0 Å². The van der Waals surface area contributed by atoms with Crippen molar-refractivity contribution in [3.63, 3.8) is 0 Å².